The fourth-order valence-corrected chi connectivity index (χ4v) is 2.79. The number of fused-ring (bicyclic) bond motifs is 1. The lowest BCUT2D eigenvalue weighted by Gasteiger charge is -2.06. The molecule has 8 nitrogen and oxygen atoms in total. The van der Waals surface area contributed by atoms with Crippen molar-refractivity contribution in [2.24, 2.45) is 5.16 Å². The van der Waals surface area contributed by atoms with E-state index in [1.54, 1.807) is 12.3 Å². The Labute approximate surface area is 150 Å². The van der Waals surface area contributed by atoms with E-state index in [9.17, 15) is 10.1 Å². The van der Waals surface area contributed by atoms with E-state index in [1.807, 2.05) is 6.26 Å². The van der Waals surface area contributed by atoms with Gasteiger partial charge in [-0.1, -0.05) is 23.4 Å². The third-order valence-electron chi connectivity index (χ3n) is 3.29. The second kappa shape index (κ2) is 7.08. The van der Waals surface area contributed by atoms with Crippen LogP contribution in [-0.2, 0) is 4.84 Å². The molecule has 25 heavy (non-hydrogen) atoms. The lowest BCUT2D eigenvalue weighted by molar-refractivity contribution is -0.384. The third-order valence-corrected chi connectivity index (χ3v) is 4.17. The maximum Gasteiger partial charge on any atom is 0.270 e. The van der Waals surface area contributed by atoms with Gasteiger partial charge in [0.15, 0.2) is 5.16 Å². The molecular formula is C15H11ClN4O4S. The van der Waals surface area contributed by atoms with Gasteiger partial charge < -0.3 is 9.25 Å². The summed E-state index contributed by atoms with van der Waals surface area (Å²) in [5, 5.41) is 16.1. The van der Waals surface area contributed by atoms with Gasteiger partial charge in [0, 0.05) is 29.5 Å². The van der Waals surface area contributed by atoms with Crippen molar-refractivity contribution in [1.29, 1.82) is 0 Å². The van der Waals surface area contributed by atoms with Crippen molar-refractivity contribution in [3.8, 4) is 11.1 Å². The van der Waals surface area contributed by atoms with Gasteiger partial charge in [-0.25, -0.2) is 4.98 Å². The number of nitrogens with zero attached hydrogens (tertiary/aromatic N) is 4. The van der Waals surface area contributed by atoms with Gasteiger partial charge in [-0.15, -0.1) is 0 Å². The van der Waals surface area contributed by atoms with E-state index in [4.69, 9.17) is 20.9 Å². The highest BCUT2D eigenvalue weighted by Gasteiger charge is 2.15. The Morgan fingerprint density at radius 2 is 2.16 bits per heavy atom. The van der Waals surface area contributed by atoms with E-state index >= 15 is 0 Å². The molecule has 0 aliphatic heterocycles. The number of benzene rings is 1. The molecule has 0 aliphatic carbocycles. The largest absolute Gasteiger partial charge is 0.416 e. The van der Waals surface area contributed by atoms with Gasteiger partial charge in [0.25, 0.3) is 11.2 Å². The van der Waals surface area contributed by atoms with Gasteiger partial charge >= 0.3 is 0 Å². The molecule has 0 saturated carbocycles. The van der Waals surface area contributed by atoms with Gasteiger partial charge in [-0.05, 0) is 23.5 Å². The quantitative estimate of drug-likeness (QED) is 0.295. The van der Waals surface area contributed by atoms with Crippen LogP contribution in [0.25, 0.3) is 22.2 Å². The van der Waals surface area contributed by atoms with Gasteiger partial charge in [0.1, 0.15) is 7.11 Å². The van der Waals surface area contributed by atoms with E-state index in [0.29, 0.717) is 27.4 Å². The van der Waals surface area contributed by atoms with Crippen LogP contribution >= 0.6 is 23.4 Å². The first-order valence-electron chi connectivity index (χ1n) is 6.90. The van der Waals surface area contributed by atoms with Crippen molar-refractivity contribution in [1.82, 2.24) is 9.97 Å². The molecule has 2 aromatic heterocycles. The summed E-state index contributed by atoms with van der Waals surface area (Å²) in [6.45, 7) is 0. The first-order valence-corrected chi connectivity index (χ1v) is 8.50. The van der Waals surface area contributed by atoms with Crippen molar-refractivity contribution < 1.29 is 14.2 Å². The Balaban J connectivity index is 2.26. The summed E-state index contributed by atoms with van der Waals surface area (Å²) in [7, 11) is 1.38. The summed E-state index contributed by atoms with van der Waals surface area (Å²) in [5.74, 6) is 0. The molecule has 128 valence electrons. The molecule has 1 aromatic carbocycles. The minimum Gasteiger partial charge on any atom is -0.416 e. The lowest BCUT2D eigenvalue weighted by atomic mass is 10.1. The monoisotopic (exact) mass is 378 g/mol. The molecule has 0 unspecified atom stereocenters. The molecule has 0 amide bonds. The first-order chi connectivity index (χ1) is 12.0. The number of hydrogen-bond acceptors (Lipinski definition) is 8. The van der Waals surface area contributed by atoms with Gasteiger partial charge in [-0.3, -0.25) is 10.1 Å². The van der Waals surface area contributed by atoms with E-state index in [0.717, 1.165) is 0 Å². The molecule has 3 rings (SSSR count). The van der Waals surface area contributed by atoms with E-state index in [2.05, 4.69) is 15.1 Å². The van der Waals surface area contributed by atoms with Crippen LogP contribution in [0.15, 0.2) is 45.2 Å². The zero-order chi connectivity index (χ0) is 18.0. The molecule has 2 heterocycles. The highest BCUT2D eigenvalue weighted by atomic mass is 35.5. The van der Waals surface area contributed by atoms with Crippen molar-refractivity contribution in [2.45, 2.75) is 5.16 Å². The van der Waals surface area contributed by atoms with Crippen LogP contribution < -0.4 is 5.55 Å². The van der Waals surface area contributed by atoms with Crippen LogP contribution in [0.1, 0.15) is 0 Å². The third kappa shape index (κ3) is 3.42. The van der Waals surface area contributed by atoms with E-state index in [-0.39, 0.29) is 16.3 Å². The predicted octanol–water partition coefficient (Wildman–Crippen LogP) is 3.64. The Morgan fingerprint density at radius 1 is 1.36 bits per heavy atom. The molecule has 0 N–H and O–H groups in total. The predicted molar refractivity (Wildman–Crippen MR) is 93.3 cm³/mol. The molecule has 0 bridgehead atoms. The summed E-state index contributed by atoms with van der Waals surface area (Å²) < 4.78 is 5.71. The topological polar surface area (TPSA) is 104 Å². The normalized spacial score (nSPS) is 11.7. The second-order valence-corrected chi connectivity index (χ2v) is 5.96. The Bertz CT molecular complexity index is 1040. The molecule has 0 atom stereocenters. The fourth-order valence-electron chi connectivity index (χ4n) is 2.18. The Morgan fingerprint density at radius 3 is 2.80 bits per heavy atom. The first kappa shape index (κ1) is 17.2. The van der Waals surface area contributed by atoms with Crippen LogP contribution in [0.5, 0.6) is 0 Å². The van der Waals surface area contributed by atoms with Crippen LogP contribution in [0.2, 0.25) is 5.02 Å². The molecule has 0 fully saturated rings. The lowest BCUT2D eigenvalue weighted by Crippen LogP contribution is -2.08. The molecule has 10 heteroatoms. The maximum absolute atomic E-state index is 10.9. The van der Waals surface area contributed by atoms with Gasteiger partial charge in [0.05, 0.1) is 15.3 Å². The molecule has 3 aromatic rings. The smallest absolute Gasteiger partial charge is 0.270 e. The Hall–Kier alpha value is -2.65. The van der Waals surface area contributed by atoms with Gasteiger partial charge in [-0.2, -0.15) is 4.98 Å². The number of hydrogen-bond donors (Lipinski definition) is 0. The summed E-state index contributed by atoms with van der Waals surface area (Å²) in [4.78, 5) is 23.7. The zero-order valence-electron chi connectivity index (χ0n) is 13.1. The number of non-ortho nitro benzene ring substituents is 1. The number of halogens is 1. The average Bonchev–Trinajstić information content (AvgIpc) is 2.61. The van der Waals surface area contributed by atoms with Crippen LogP contribution in [0, 0.1) is 10.1 Å². The zero-order valence-corrected chi connectivity index (χ0v) is 14.7. The molecule has 0 radical (unpaired) electrons. The minimum atomic E-state index is -0.515. The number of rotatable bonds is 4. The van der Waals surface area contributed by atoms with Crippen LogP contribution in [0.4, 0.5) is 5.69 Å². The van der Waals surface area contributed by atoms with Crippen molar-refractivity contribution in [3.05, 3.63) is 51.2 Å². The van der Waals surface area contributed by atoms with E-state index < -0.39 is 4.92 Å². The minimum absolute atomic E-state index is 0.107. The van der Waals surface area contributed by atoms with E-state index in [1.165, 1.54) is 37.1 Å². The van der Waals surface area contributed by atoms with Crippen molar-refractivity contribution in [2.75, 3.05) is 13.4 Å². The average molecular weight is 379 g/mol. The Kier molecular flexibility index (Phi) is 4.86. The SMILES string of the molecule is CON=c1oc2nc(SC)ncc2cc1-c1ccc([N+](=O)[O-])cc1Cl. The molecule has 0 spiro atoms. The molecule has 0 saturated heterocycles. The van der Waals surface area contributed by atoms with Crippen LogP contribution in [0.3, 0.4) is 0 Å². The fraction of sp³-hybridized carbons (Fsp3) is 0.133. The number of nitro groups is 1. The molecule has 0 aliphatic rings. The summed E-state index contributed by atoms with van der Waals surface area (Å²) in [6.07, 6.45) is 3.48. The van der Waals surface area contributed by atoms with Gasteiger partial charge in [0.2, 0.25) is 5.71 Å². The summed E-state index contributed by atoms with van der Waals surface area (Å²) in [5.41, 5.74) is 1.41. The summed E-state index contributed by atoms with van der Waals surface area (Å²) >= 11 is 7.60. The number of nitro benzene ring substituents is 1. The number of thioether (sulfide) groups is 1. The van der Waals surface area contributed by atoms with Crippen LogP contribution in [-0.4, -0.2) is 28.3 Å². The van der Waals surface area contributed by atoms with Crippen molar-refractivity contribution in [3.63, 3.8) is 0 Å². The highest BCUT2D eigenvalue weighted by Crippen LogP contribution is 2.30. The second-order valence-electron chi connectivity index (χ2n) is 4.78. The summed E-state index contributed by atoms with van der Waals surface area (Å²) in [6, 6.07) is 5.90. The maximum atomic E-state index is 10.9. The highest BCUT2D eigenvalue weighted by molar-refractivity contribution is 7.98. The standard InChI is InChI=1S/C15H11ClN4O4S/c1-23-19-14-11(10-4-3-9(20(21)22)6-12(10)16)5-8-7-17-15(25-2)18-13(8)24-14/h3-7H,1-2H3. The molecular weight excluding hydrogens is 368 g/mol. The van der Waals surface area contributed by atoms with Crippen molar-refractivity contribution >= 4 is 40.1 Å². The number of aromatic nitrogens is 2.